The van der Waals surface area contributed by atoms with E-state index in [0.717, 1.165) is 11.1 Å². The van der Waals surface area contributed by atoms with Crippen molar-refractivity contribution >= 4 is 5.91 Å². The molecule has 0 aliphatic carbocycles. The van der Waals surface area contributed by atoms with Crippen molar-refractivity contribution in [2.45, 2.75) is 19.9 Å². The van der Waals surface area contributed by atoms with Crippen LogP contribution in [0, 0.1) is 6.92 Å². The summed E-state index contributed by atoms with van der Waals surface area (Å²) in [5.74, 6) is -0.0521. The number of nitrogens with one attached hydrogen (secondary N) is 1. The Bertz CT molecular complexity index is 323. The van der Waals surface area contributed by atoms with E-state index in [2.05, 4.69) is 5.32 Å². The average Bonchev–Trinajstić information content (AvgIpc) is 2.15. The SMILES string of the molecule is CC(=O)NC(CN)c1ccccc1C. The van der Waals surface area contributed by atoms with Gasteiger partial charge in [0.1, 0.15) is 0 Å². The van der Waals surface area contributed by atoms with Gasteiger partial charge in [0, 0.05) is 13.5 Å². The highest BCUT2D eigenvalue weighted by atomic mass is 16.1. The predicted octanol–water partition coefficient (Wildman–Crippen LogP) is 1.13. The van der Waals surface area contributed by atoms with Gasteiger partial charge >= 0.3 is 0 Å². The molecule has 1 amide bonds. The Morgan fingerprint density at radius 2 is 2.14 bits per heavy atom. The molecule has 0 aliphatic rings. The van der Waals surface area contributed by atoms with Crippen LogP contribution in [0.4, 0.5) is 0 Å². The van der Waals surface area contributed by atoms with Gasteiger partial charge in [-0.15, -0.1) is 0 Å². The van der Waals surface area contributed by atoms with E-state index < -0.39 is 0 Å². The Hall–Kier alpha value is -1.35. The molecule has 0 fully saturated rings. The third-order valence-electron chi connectivity index (χ3n) is 2.18. The Labute approximate surface area is 84.3 Å². The maximum atomic E-state index is 10.9. The lowest BCUT2D eigenvalue weighted by Crippen LogP contribution is -2.32. The summed E-state index contributed by atoms with van der Waals surface area (Å²) >= 11 is 0. The summed E-state index contributed by atoms with van der Waals surface area (Å²) in [6.45, 7) is 3.94. The molecule has 3 nitrogen and oxygen atoms in total. The molecule has 0 radical (unpaired) electrons. The minimum atomic E-state index is -0.0753. The van der Waals surface area contributed by atoms with Gasteiger partial charge in [-0.05, 0) is 18.1 Å². The number of nitrogens with two attached hydrogens (primary N) is 1. The van der Waals surface area contributed by atoms with E-state index in [0.29, 0.717) is 6.54 Å². The van der Waals surface area contributed by atoms with Crippen LogP contribution in [0.1, 0.15) is 24.1 Å². The zero-order valence-corrected chi connectivity index (χ0v) is 8.58. The zero-order valence-electron chi connectivity index (χ0n) is 8.58. The second kappa shape index (κ2) is 4.77. The zero-order chi connectivity index (χ0) is 10.6. The van der Waals surface area contributed by atoms with Gasteiger partial charge in [-0.3, -0.25) is 4.79 Å². The second-order valence-electron chi connectivity index (χ2n) is 3.35. The molecular formula is C11H16N2O. The van der Waals surface area contributed by atoms with E-state index in [1.165, 1.54) is 6.92 Å². The van der Waals surface area contributed by atoms with E-state index in [4.69, 9.17) is 5.73 Å². The van der Waals surface area contributed by atoms with E-state index in [1.54, 1.807) is 0 Å². The van der Waals surface area contributed by atoms with Crippen molar-refractivity contribution in [1.82, 2.24) is 5.32 Å². The molecule has 0 saturated heterocycles. The van der Waals surface area contributed by atoms with Gasteiger partial charge in [-0.25, -0.2) is 0 Å². The molecule has 3 N–H and O–H groups in total. The Kier molecular flexibility index (Phi) is 3.65. The van der Waals surface area contributed by atoms with Crippen molar-refractivity contribution in [3.8, 4) is 0 Å². The first-order valence-corrected chi connectivity index (χ1v) is 4.68. The normalized spacial score (nSPS) is 12.2. The summed E-state index contributed by atoms with van der Waals surface area (Å²) in [7, 11) is 0. The molecule has 1 aromatic rings. The van der Waals surface area contributed by atoms with E-state index in [1.807, 2.05) is 31.2 Å². The molecule has 0 aliphatic heterocycles. The van der Waals surface area contributed by atoms with Crippen molar-refractivity contribution in [3.05, 3.63) is 35.4 Å². The van der Waals surface area contributed by atoms with Crippen LogP contribution >= 0.6 is 0 Å². The standard InChI is InChI=1S/C11H16N2O/c1-8-5-3-4-6-10(8)11(7-12)13-9(2)14/h3-6,11H,7,12H2,1-2H3,(H,13,14). The first-order valence-electron chi connectivity index (χ1n) is 4.68. The quantitative estimate of drug-likeness (QED) is 0.754. The molecule has 0 aromatic heterocycles. The summed E-state index contributed by atoms with van der Waals surface area (Å²) in [4.78, 5) is 10.9. The third kappa shape index (κ3) is 2.57. The summed E-state index contributed by atoms with van der Waals surface area (Å²) in [5, 5.41) is 2.82. The van der Waals surface area contributed by atoms with Crippen molar-refractivity contribution in [2.75, 3.05) is 6.54 Å². The van der Waals surface area contributed by atoms with Gasteiger partial charge in [0.15, 0.2) is 0 Å². The fraction of sp³-hybridized carbons (Fsp3) is 0.364. The molecule has 0 saturated carbocycles. The molecule has 1 unspecified atom stereocenters. The minimum absolute atomic E-state index is 0.0521. The van der Waals surface area contributed by atoms with E-state index in [9.17, 15) is 4.79 Å². The minimum Gasteiger partial charge on any atom is -0.348 e. The van der Waals surface area contributed by atoms with Gasteiger partial charge in [-0.1, -0.05) is 24.3 Å². The van der Waals surface area contributed by atoms with E-state index in [-0.39, 0.29) is 11.9 Å². The maximum absolute atomic E-state index is 10.9. The first-order chi connectivity index (χ1) is 6.65. The number of hydrogen-bond donors (Lipinski definition) is 2. The molecule has 14 heavy (non-hydrogen) atoms. The number of rotatable bonds is 3. The van der Waals surface area contributed by atoms with Crippen LogP contribution in [0.3, 0.4) is 0 Å². The summed E-state index contributed by atoms with van der Waals surface area (Å²) in [6.07, 6.45) is 0. The summed E-state index contributed by atoms with van der Waals surface area (Å²) in [5.41, 5.74) is 7.85. The summed E-state index contributed by atoms with van der Waals surface area (Å²) < 4.78 is 0. The lowest BCUT2D eigenvalue weighted by Gasteiger charge is -2.18. The lowest BCUT2D eigenvalue weighted by atomic mass is 10.0. The molecule has 1 aromatic carbocycles. The molecule has 3 heteroatoms. The summed E-state index contributed by atoms with van der Waals surface area (Å²) in [6, 6.07) is 7.85. The van der Waals surface area contributed by atoms with Gasteiger partial charge in [0.25, 0.3) is 0 Å². The Morgan fingerprint density at radius 1 is 1.50 bits per heavy atom. The Morgan fingerprint density at radius 3 is 2.64 bits per heavy atom. The van der Waals surface area contributed by atoms with Gasteiger partial charge < -0.3 is 11.1 Å². The lowest BCUT2D eigenvalue weighted by molar-refractivity contribution is -0.119. The van der Waals surface area contributed by atoms with Crippen molar-refractivity contribution in [2.24, 2.45) is 5.73 Å². The van der Waals surface area contributed by atoms with E-state index >= 15 is 0 Å². The smallest absolute Gasteiger partial charge is 0.217 e. The third-order valence-corrected chi connectivity index (χ3v) is 2.18. The number of aryl methyl sites for hydroxylation is 1. The van der Waals surface area contributed by atoms with Gasteiger partial charge in [-0.2, -0.15) is 0 Å². The first kappa shape index (κ1) is 10.7. The van der Waals surface area contributed by atoms with Crippen LogP contribution in [-0.2, 0) is 4.79 Å². The van der Waals surface area contributed by atoms with Crippen molar-refractivity contribution in [3.63, 3.8) is 0 Å². The second-order valence-corrected chi connectivity index (χ2v) is 3.35. The highest BCUT2D eigenvalue weighted by molar-refractivity contribution is 5.73. The molecule has 76 valence electrons. The fourth-order valence-corrected chi connectivity index (χ4v) is 1.49. The molecule has 0 bridgehead atoms. The molecule has 1 rings (SSSR count). The van der Waals surface area contributed by atoms with Crippen LogP contribution < -0.4 is 11.1 Å². The number of benzene rings is 1. The number of amides is 1. The monoisotopic (exact) mass is 192 g/mol. The highest BCUT2D eigenvalue weighted by Crippen LogP contribution is 2.15. The van der Waals surface area contributed by atoms with Crippen molar-refractivity contribution in [1.29, 1.82) is 0 Å². The van der Waals surface area contributed by atoms with Crippen LogP contribution in [-0.4, -0.2) is 12.5 Å². The molecule has 0 spiro atoms. The van der Waals surface area contributed by atoms with Crippen LogP contribution in [0.25, 0.3) is 0 Å². The number of hydrogen-bond acceptors (Lipinski definition) is 2. The fourth-order valence-electron chi connectivity index (χ4n) is 1.49. The number of carbonyl (C=O) groups excluding carboxylic acids is 1. The van der Waals surface area contributed by atoms with Crippen LogP contribution in [0.2, 0.25) is 0 Å². The van der Waals surface area contributed by atoms with Gasteiger partial charge in [0.05, 0.1) is 6.04 Å². The Balaban J connectivity index is 2.89. The van der Waals surface area contributed by atoms with Crippen LogP contribution in [0.15, 0.2) is 24.3 Å². The van der Waals surface area contributed by atoms with Gasteiger partial charge in [0.2, 0.25) is 5.91 Å². The highest BCUT2D eigenvalue weighted by Gasteiger charge is 2.11. The maximum Gasteiger partial charge on any atom is 0.217 e. The topological polar surface area (TPSA) is 55.1 Å². The average molecular weight is 192 g/mol. The predicted molar refractivity (Wildman–Crippen MR) is 56.8 cm³/mol. The molecular weight excluding hydrogens is 176 g/mol. The molecule has 0 heterocycles. The largest absolute Gasteiger partial charge is 0.348 e. The number of carbonyl (C=O) groups is 1. The van der Waals surface area contributed by atoms with Crippen molar-refractivity contribution < 1.29 is 4.79 Å². The molecule has 1 atom stereocenters. The van der Waals surface area contributed by atoms with Crippen LogP contribution in [0.5, 0.6) is 0 Å².